The minimum atomic E-state index is -0.545. The van der Waals surface area contributed by atoms with E-state index in [-0.39, 0.29) is 23.5 Å². The summed E-state index contributed by atoms with van der Waals surface area (Å²) < 4.78 is 11.0. The van der Waals surface area contributed by atoms with Crippen molar-refractivity contribution in [1.29, 1.82) is 0 Å². The number of nitro benzene ring substituents is 1. The minimum absolute atomic E-state index is 0.0621. The molecule has 1 aromatic rings. The molecule has 0 aromatic heterocycles. The van der Waals surface area contributed by atoms with Gasteiger partial charge in [0.05, 0.1) is 17.1 Å². The second-order valence-corrected chi connectivity index (χ2v) is 7.10. The summed E-state index contributed by atoms with van der Waals surface area (Å²) in [7, 11) is 0. The van der Waals surface area contributed by atoms with E-state index in [2.05, 4.69) is 10.6 Å². The van der Waals surface area contributed by atoms with Gasteiger partial charge in [-0.3, -0.25) is 19.7 Å². The first-order valence-electron chi connectivity index (χ1n) is 9.78. The highest BCUT2D eigenvalue weighted by Gasteiger charge is 2.23. The second-order valence-electron chi connectivity index (χ2n) is 7.10. The molecule has 0 unspecified atom stereocenters. The maximum absolute atomic E-state index is 12.7. The Morgan fingerprint density at radius 1 is 1.07 bits per heavy atom. The summed E-state index contributed by atoms with van der Waals surface area (Å²) in [6.07, 6.45) is 4.84. The summed E-state index contributed by atoms with van der Waals surface area (Å²) in [6.45, 7) is 1.95. The standard InChI is InChI=1S/C20H25N3O6/c24-19(21-12-16-6-2-8-28-16)18(20(25)22-13-17-7-3-9-29-17)11-14-4-1-5-15(10-14)23(26)27/h1,4-5,10-11,16-17H,2-3,6-9,12-13H2,(H,21,24)(H,22,25)/t16-,17-/m0/s1. The summed E-state index contributed by atoms with van der Waals surface area (Å²) in [5.41, 5.74) is 0.174. The quantitative estimate of drug-likeness (QED) is 0.224. The van der Waals surface area contributed by atoms with E-state index < -0.39 is 16.7 Å². The Balaban J connectivity index is 1.73. The number of carbonyl (C=O) groups is 2. The first-order valence-corrected chi connectivity index (χ1v) is 9.78. The molecule has 0 saturated carbocycles. The van der Waals surface area contributed by atoms with E-state index >= 15 is 0 Å². The Bertz CT molecular complexity index is 748. The third kappa shape index (κ3) is 6.10. The van der Waals surface area contributed by atoms with Crippen molar-refractivity contribution in [3.63, 3.8) is 0 Å². The van der Waals surface area contributed by atoms with Crippen LogP contribution in [0.3, 0.4) is 0 Å². The number of benzene rings is 1. The van der Waals surface area contributed by atoms with E-state index in [0.717, 1.165) is 25.7 Å². The van der Waals surface area contributed by atoms with Crippen LogP contribution >= 0.6 is 0 Å². The molecule has 2 heterocycles. The van der Waals surface area contributed by atoms with Crippen LogP contribution in [0.1, 0.15) is 31.2 Å². The normalized spacial score (nSPS) is 20.8. The molecular formula is C20H25N3O6. The Hall–Kier alpha value is -2.78. The Morgan fingerprint density at radius 2 is 1.66 bits per heavy atom. The van der Waals surface area contributed by atoms with Gasteiger partial charge < -0.3 is 20.1 Å². The number of amides is 2. The maximum atomic E-state index is 12.7. The lowest BCUT2D eigenvalue weighted by molar-refractivity contribution is -0.384. The number of nitro groups is 1. The van der Waals surface area contributed by atoms with Gasteiger partial charge in [-0.1, -0.05) is 12.1 Å². The Labute approximate surface area is 168 Å². The molecule has 0 bridgehead atoms. The molecule has 1 aromatic carbocycles. The van der Waals surface area contributed by atoms with Crippen molar-refractivity contribution in [1.82, 2.24) is 10.6 Å². The van der Waals surface area contributed by atoms with Gasteiger partial charge in [0.1, 0.15) is 5.57 Å². The number of nitrogens with one attached hydrogen (secondary N) is 2. The molecule has 9 nitrogen and oxygen atoms in total. The van der Waals surface area contributed by atoms with E-state index in [0.29, 0.717) is 31.9 Å². The highest BCUT2D eigenvalue weighted by atomic mass is 16.6. The van der Waals surface area contributed by atoms with Gasteiger partial charge in [-0.05, 0) is 37.3 Å². The molecule has 2 aliphatic heterocycles. The SMILES string of the molecule is O=C(NC[C@@H]1CCCO1)C(=Cc1cccc([N+](=O)[O-])c1)C(=O)NC[C@@H]1CCCO1. The van der Waals surface area contributed by atoms with Crippen LogP contribution in [0.5, 0.6) is 0 Å². The van der Waals surface area contributed by atoms with Crippen LogP contribution in [-0.4, -0.2) is 55.2 Å². The fourth-order valence-electron chi connectivity index (χ4n) is 3.34. The lowest BCUT2D eigenvalue weighted by Crippen LogP contribution is -2.40. The van der Waals surface area contributed by atoms with Gasteiger partial charge in [-0.25, -0.2) is 0 Å². The first kappa shape index (κ1) is 20.9. The van der Waals surface area contributed by atoms with E-state index in [9.17, 15) is 19.7 Å². The number of hydrogen-bond acceptors (Lipinski definition) is 6. The average Bonchev–Trinajstić information content (AvgIpc) is 3.42. The molecule has 2 N–H and O–H groups in total. The number of non-ortho nitro benzene ring substituents is 1. The van der Waals surface area contributed by atoms with Crippen molar-refractivity contribution in [3.05, 3.63) is 45.5 Å². The second kappa shape index (κ2) is 10.1. The van der Waals surface area contributed by atoms with Crippen LogP contribution in [-0.2, 0) is 19.1 Å². The lowest BCUT2D eigenvalue weighted by atomic mass is 10.1. The summed E-state index contributed by atoms with van der Waals surface area (Å²) >= 11 is 0. The molecule has 0 aliphatic carbocycles. The molecular weight excluding hydrogens is 378 g/mol. The number of ether oxygens (including phenoxy) is 2. The van der Waals surface area contributed by atoms with Crippen molar-refractivity contribution < 1.29 is 24.0 Å². The Kier molecular flexibility index (Phi) is 7.31. The summed E-state index contributed by atoms with van der Waals surface area (Å²) in [5, 5.41) is 16.5. The maximum Gasteiger partial charge on any atom is 0.270 e. The molecule has 2 atom stereocenters. The van der Waals surface area contributed by atoms with Crippen LogP contribution in [0, 0.1) is 10.1 Å². The molecule has 0 spiro atoms. The van der Waals surface area contributed by atoms with E-state index in [1.54, 1.807) is 6.07 Å². The molecule has 9 heteroatoms. The highest BCUT2D eigenvalue weighted by molar-refractivity contribution is 6.21. The molecule has 3 rings (SSSR count). The largest absolute Gasteiger partial charge is 0.376 e. The third-order valence-corrected chi connectivity index (χ3v) is 4.91. The summed E-state index contributed by atoms with van der Waals surface area (Å²) in [5.74, 6) is -1.09. The van der Waals surface area contributed by atoms with Gasteiger partial charge in [0.15, 0.2) is 0 Å². The molecule has 2 aliphatic rings. The predicted octanol–water partition coefficient (Wildman–Crippen LogP) is 1.57. The van der Waals surface area contributed by atoms with Crippen molar-refractivity contribution in [2.24, 2.45) is 0 Å². The Morgan fingerprint density at radius 3 is 2.14 bits per heavy atom. The number of nitrogens with zero attached hydrogens (tertiary/aromatic N) is 1. The van der Waals surface area contributed by atoms with E-state index in [1.165, 1.54) is 24.3 Å². The molecule has 2 fully saturated rings. The van der Waals surface area contributed by atoms with Gasteiger partial charge in [-0.15, -0.1) is 0 Å². The molecule has 29 heavy (non-hydrogen) atoms. The topological polar surface area (TPSA) is 120 Å². The zero-order valence-corrected chi connectivity index (χ0v) is 16.1. The number of carbonyl (C=O) groups excluding carboxylic acids is 2. The number of rotatable bonds is 8. The van der Waals surface area contributed by atoms with E-state index in [4.69, 9.17) is 9.47 Å². The first-order chi connectivity index (χ1) is 14.0. The third-order valence-electron chi connectivity index (χ3n) is 4.91. The van der Waals surface area contributed by atoms with Crippen LogP contribution in [0.15, 0.2) is 29.8 Å². The van der Waals surface area contributed by atoms with Crippen molar-refractivity contribution in [2.45, 2.75) is 37.9 Å². The zero-order valence-electron chi connectivity index (χ0n) is 16.1. The average molecular weight is 403 g/mol. The van der Waals surface area contributed by atoms with Crippen LogP contribution in [0.4, 0.5) is 5.69 Å². The molecule has 0 radical (unpaired) electrons. The predicted molar refractivity (Wildman–Crippen MR) is 105 cm³/mol. The minimum Gasteiger partial charge on any atom is -0.376 e. The zero-order chi connectivity index (χ0) is 20.6. The summed E-state index contributed by atoms with van der Waals surface area (Å²) in [6, 6.07) is 5.79. The highest BCUT2D eigenvalue weighted by Crippen LogP contribution is 2.17. The molecule has 156 valence electrons. The van der Waals surface area contributed by atoms with Gasteiger partial charge in [-0.2, -0.15) is 0 Å². The smallest absolute Gasteiger partial charge is 0.270 e. The fraction of sp³-hybridized carbons (Fsp3) is 0.500. The van der Waals surface area contributed by atoms with Crippen LogP contribution < -0.4 is 10.6 Å². The van der Waals surface area contributed by atoms with Gasteiger partial charge in [0, 0.05) is 38.4 Å². The summed E-state index contributed by atoms with van der Waals surface area (Å²) in [4.78, 5) is 35.9. The monoisotopic (exact) mass is 403 g/mol. The van der Waals surface area contributed by atoms with Crippen molar-refractivity contribution >= 4 is 23.6 Å². The van der Waals surface area contributed by atoms with Gasteiger partial charge >= 0.3 is 0 Å². The van der Waals surface area contributed by atoms with Gasteiger partial charge in [0.25, 0.3) is 17.5 Å². The van der Waals surface area contributed by atoms with Crippen LogP contribution in [0.2, 0.25) is 0 Å². The van der Waals surface area contributed by atoms with Gasteiger partial charge in [0.2, 0.25) is 0 Å². The van der Waals surface area contributed by atoms with Crippen LogP contribution in [0.25, 0.3) is 6.08 Å². The molecule has 2 saturated heterocycles. The van der Waals surface area contributed by atoms with Crippen molar-refractivity contribution in [3.8, 4) is 0 Å². The van der Waals surface area contributed by atoms with Crippen molar-refractivity contribution in [2.75, 3.05) is 26.3 Å². The molecule has 2 amide bonds. The fourth-order valence-corrected chi connectivity index (χ4v) is 3.34. The number of hydrogen-bond donors (Lipinski definition) is 2. The van der Waals surface area contributed by atoms with E-state index in [1.807, 2.05) is 0 Å². The lowest BCUT2D eigenvalue weighted by Gasteiger charge is -2.14.